The van der Waals surface area contributed by atoms with Crippen molar-refractivity contribution < 1.29 is 19.0 Å². The highest BCUT2D eigenvalue weighted by Gasteiger charge is 2.18. The van der Waals surface area contributed by atoms with Gasteiger partial charge in [0.2, 0.25) is 6.17 Å². The van der Waals surface area contributed by atoms with Crippen molar-refractivity contribution >= 4 is 43.5 Å². The van der Waals surface area contributed by atoms with E-state index in [1.165, 1.54) is 0 Å². The van der Waals surface area contributed by atoms with Crippen LogP contribution >= 0.6 is 31.9 Å². The second kappa shape index (κ2) is 10.3. The Hall–Kier alpha value is -1.60. The van der Waals surface area contributed by atoms with Crippen molar-refractivity contribution in [3.8, 4) is 5.75 Å². The van der Waals surface area contributed by atoms with Crippen LogP contribution in [-0.2, 0) is 17.8 Å². The van der Waals surface area contributed by atoms with E-state index in [0.717, 1.165) is 23.2 Å². The van der Waals surface area contributed by atoms with Gasteiger partial charge in [0, 0.05) is 18.2 Å². The van der Waals surface area contributed by atoms with E-state index in [4.69, 9.17) is 9.84 Å². The number of aliphatic carboxylic acids is 1. The summed E-state index contributed by atoms with van der Waals surface area (Å²) in [6.45, 7) is 6.69. The number of alkyl halides is 1. The predicted octanol–water partition coefficient (Wildman–Crippen LogP) is 6.27. The average Bonchev–Trinajstić information content (AvgIpc) is 2.60. The third kappa shape index (κ3) is 6.48. The smallest absolute Gasteiger partial charge is 0.338 e. The van der Waals surface area contributed by atoms with Gasteiger partial charge in [0.1, 0.15) is 12.4 Å². The molecule has 0 fully saturated rings. The fourth-order valence-corrected chi connectivity index (χ4v) is 4.24. The third-order valence-electron chi connectivity index (χ3n) is 4.29. The number of rotatable bonds is 9. The molecule has 152 valence electrons. The molecule has 2 aromatic rings. The highest BCUT2D eigenvalue weighted by atomic mass is 79.9. The van der Waals surface area contributed by atoms with Crippen molar-refractivity contribution in [3.05, 3.63) is 56.0 Å². The maximum absolute atomic E-state index is 13.5. The molecule has 2 unspecified atom stereocenters. The summed E-state index contributed by atoms with van der Waals surface area (Å²) >= 11 is 6.86. The normalized spacial score (nSPS) is 13.1. The van der Waals surface area contributed by atoms with E-state index in [0.29, 0.717) is 32.9 Å². The molecule has 0 amide bonds. The predicted molar refractivity (Wildman–Crippen MR) is 117 cm³/mol. The highest BCUT2D eigenvalue weighted by molar-refractivity contribution is 9.11. The van der Waals surface area contributed by atoms with Crippen LogP contribution in [0.1, 0.15) is 37.0 Å². The van der Waals surface area contributed by atoms with E-state index >= 15 is 0 Å². The standard InChI is InChI=1S/C21H24Br2FNO3/c1-4-13(3)25-16-6-12(2)5-15(7-16)11-28-20-17(22)8-14(9-18(20)23)10-19(24)21(26)27/h5-9,13,19,25H,4,10-11H2,1-3H3,(H,26,27). The van der Waals surface area contributed by atoms with Crippen LogP contribution in [-0.4, -0.2) is 23.3 Å². The minimum absolute atomic E-state index is 0.199. The van der Waals surface area contributed by atoms with E-state index in [9.17, 15) is 9.18 Å². The van der Waals surface area contributed by atoms with Crippen LogP contribution in [0, 0.1) is 6.92 Å². The fourth-order valence-electron chi connectivity index (χ4n) is 2.73. The summed E-state index contributed by atoms with van der Waals surface area (Å²) in [7, 11) is 0. The van der Waals surface area contributed by atoms with Gasteiger partial charge in [-0.2, -0.15) is 0 Å². The molecular formula is C21H24Br2FNO3. The first-order chi connectivity index (χ1) is 13.2. The Morgan fingerprint density at radius 3 is 2.39 bits per heavy atom. The van der Waals surface area contributed by atoms with Crippen molar-refractivity contribution in [2.24, 2.45) is 0 Å². The van der Waals surface area contributed by atoms with Gasteiger partial charge in [-0.3, -0.25) is 0 Å². The van der Waals surface area contributed by atoms with E-state index in [-0.39, 0.29) is 6.42 Å². The van der Waals surface area contributed by atoms with Gasteiger partial charge >= 0.3 is 5.97 Å². The lowest BCUT2D eigenvalue weighted by Crippen LogP contribution is -2.17. The summed E-state index contributed by atoms with van der Waals surface area (Å²) in [5.74, 6) is -0.874. The van der Waals surface area contributed by atoms with Gasteiger partial charge in [-0.05, 0) is 93.1 Å². The van der Waals surface area contributed by atoms with Crippen molar-refractivity contribution in [2.45, 2.75) is 52.4 Å². The molecule has 0 aromatic heterocycles. The molecule has 0 heterocycles. The monoisotopic (exact) mass is 515 g/mol. The Morgan fingerprint density at radius 2 is 1.82 bits per heavy atom. The molecule has 7 heteroatoms. The molecule has 0 aliphatic rings. The minimum Gasteiger partial charge on any atom is -0.487 e. The van der Waals surface area contributed by atoms with Crippen LogP contribution in [0.5, 0.6) is 5.75 Å². The zero-order valence-electron chi connectivity index (χ0n) is 16.1. The van der Waals surface area contributed by atoms with E-state index < -0.39 is 12.1 Å². The first-order valence-corrected chi connectivity index (χ1v) is 10.6. The second-order valence-corrected chi connectivity index (χ2v) is 8.56. The summed E-state index contributed by atoms with van der Waals surface area (Å²) in [5, 5.41) is 12.2. The van der Waals surface area contributed by atoms with E-state index in [1.54, 1.807) is 12.1 Å². The van der Waals surface area contributed by atoms with Crippen molar-refractivity contribution in [1.29, 1.82) is 0 Å². The van der Waals surface area contributed by atoms with Gasteiger partial charge < -0.3 is 15.2 Å². The zero-order valence-corrected chi connectivity index (χ0v) is 19.2. The van der Waals surface area contributed by atoms with Crippen LogP contribution in [0.2, 0.25) is 0 Å². The van der Waals surface area contributed by atoms with Crippen LogP contribution in [0.4, 0.5) is 10.1 Å². The number of aryl methyl sites for hydroxylation is 1. The number of carboxylic acids is 1. The Kier molecular flexibility index (Phi) is 8.31. The van der Waals surface area contributed by atoms with Gasteiger partial charge in [0.25, 0.3) is 0 Å². The molecule has 0 saturated heterocycles. The quantitative estimate of drug-likeness (QED) is 0.412. The van der Waals surface area contributed by atoms with E-state index in [2.05, 4.69) is 69.2 Å². The lowest BCUT2D eigenvalue weighted by molar-refractivity contribution is -0.142. The Labute approximate surface area is 181 Å². The number of anilines is 1. The summed E-state index contributed by atoms with van der Waals surface area (Å²) in [4.78, 5) is 10.7. The second-order valence-electron chi connectivity index (χ2n) is 6.85. The molecule has 0 bridgehead atoms. The van der Waals surface area contributed by atoms with Gasteiger partial charge in [-0.25, -0.2) is 9.18 Å². The molecule has 0 aliphatic heterocycles. The molecule has 4 nitrogen and oxygen atoms in total. The number of ether oxygens (including phenoxy) is 1. The molecule has 2 rings (SSSR count). The number of hydrogen-bond acceptors (Lipinski definition) is 3. The van der Waals surface area contributed by atoms with Crippen LogP contribution in [0.15, 0.2) is 39.3 Å². The Bertz CT molecular complexity index is 821. The molecule has 2 aromatic carbocycles. The van der Waals surface area contributed by atoms with Crippen LogP contribution < -0.4 is 10.1 Å². The first kappa shape index (κ1) is 22.7. The molecule has 0 spiro atoms. The van der Waals surface area contributed by atoms with Gasteiger partial charge in [-0.1, -0.05) is 13.0 Å². The number of benzene rings is 2. The Morgan fingerprint density at radius 1 is 1.18 bits per heavy atom. The summed E-state index contributed by atoms with van der Waals surface area (Å²) in [6, 6.07) is 9.99. The zero-order chi connectivity index (χ0) is 20.8. The summed E-state index contributed by atoms with van der Waals surface area (Å²) in [6.07, 6.45) is -1.10. The number of carboxylic acid groups (broad SMARTS) is 1. The lowest BCUT2D eigenvalue weighted by atomic mass is 10.1. The van der Waals surface area contributed by atoms with Gasteiger partial charge in [0.15, 0.2) is 0 Å². The molecule has 0 radical (unpaired) electrons. The van der Waals surface area contributed by atoms with Crippen LogP contribution in [0.3, 0.4) is 0 Å². The van der Waals surface area contributed by atoms with Gasteiger partial charge in [-0.15, -0.1) is 0 Å². The number of carbonyl (C=O) groups is 1. The van der Waals surface area contributed by atoms with E-state index in [1.807, 2.05) is 6.92 Å². The number of nitrogens with one attached hydrogen (secondary N) is 1. The van der Waals surface area contributed by atoms with Crippen LogP contribution in [0.25, 0.3) is 0 Å². The van der Waals surface area contributed by atoms with Crippen molar-refractivity contribution in [2.75, 3.05) is 5.32 Å². The van der Waals surface area contributed by atoms with Crippen molar-refractivity contribution in [1.82, 2.24) is 0 Å². The number of hydrogen-bond donors (Lipinski definition) is 2. The molecule has 2 atom stereocenters. The lowest BCUT2D eigenvalue weighted by Gasteiger charge is -2.16. The number of halogens is 3. The highest BCUT2D eigenvalue weighted by Crippen LogP contribution is 2.36. The largest absolute Gasteiger partial charge is 0.487 e. The summed E-state index contributed by atoms with van der Waals surface area (Å²) in [5.41, 5.74) is 3.80. The molecule has 28 heavy (non-hydrogen) atoms. The SMILES string of the molecule is CCC(C)Nc1cc(C)cc(COc2c(Br)cc(CC(F)C(=O)O)cc2Br)c1. The topological polar surface area (TPSA) is 58.6 Å². The maximum Gasteiger partial charge on any atom is 0.338 e. The van der Waals surface area contributed by atoms with Crippen molar-refractivity contribution in [3.63, 3.8) is 0 Å². The molecular weight excluding hydrogens is 493 g/mol. The Balaban J connectivity index is 2.13. The fraction of sp³-hybridized carbons (Fsp3) is 0.381. The molecule has 0 aliphatic carbocycles. The maximum atomic E-state index is 13.5. The first-order valence-electron chi connectivity index (χ1n) is 9.04. The molecule has 2 N–H and O–H groups in total. The molecule has 0 saturated carbocycles. The third-order valence-corrected chi connectivity index (χ3v) is 5.46. The van der Waals surface area contributed by atoms with Gasteiger partial charge in [0.05, 0.1) is 8.95 Å². The average molecular weight is 517 g/mol. The summed E-state index contributed by atoms with van der Waals surface area (Å²) < 4.78 is 20.7. The minimum atomic E-state index is -1.94.